The van der Waals surface area contributed by atoms with Crippen molar-refractivity contribution >= 4 is 5.78 Å². The summed E-state index contributed by atoms with van der Waals surface area (Å²) in [6.07, 6.45) is 18.5. The van der Waals surface area contributed by atoms with E-state index in [0.717, 1.165) is 66.8 Å². The normalized spacial score (nSPS) is 56.1. The standard InChI is InChI=1S/C26H34O2/c1-2-25-10-8-19-18-7-6-17(27)12-16(18)13-20(15-4-5-15)23(19)24(25)21-14-22(21)26(25)9-3-11-28-26/h3,9,12,15,18-24H,2,4-8,10-11,13-14H2,1H3/t18-,19?,20-,21-,22+,23?,24?,25-,26-/m0/s1. The van der Waals surface area contributed by atoms with E-state index in [1.807, 2.05) is 0 Å². The van der Waals surface area contributed by atoms with E-state index in [0.29, 0.717) is 11.2 Å². The highest BCUT2D eigenvalue weighted by Gasteiger charge is 2.78. The Morgan fingerprint density at radius 2 is 2.04 bits per heavy atom. The number of hydrogen-bond acceptors (Lipinski definition) is 2. The maximum absolute atomic E-state index is 12.2. The number of ketones is 1. The molecule has 28 heavy (non-hydrogen) atoms. The molecule has 6 aliphatic carbocycles. The first kappa shape index (κ1) is 16.9. The van der Waals surface area contributed by atoms with Crippen molar-refractivity contribution in [1.82, 2.24) is 0 Å². The summed E-state index contributed by atoms with van der Waals surface area (Å²) in [5.41, 5.74) is 2.04. The van der Waals surface area contributed by atoms with Crippen LogP contribution in [0.25, 0.3) is 0 Å². The summed E-state index contributed by atoms with van der Waals surface area (Å²) in [6, 6.07) is 0. The fourth-order valence-electron chi connectivity index (χ4n) is 9.76. The van der Waals surface area contributed by atoms with Crippen molar-refractivity contribution in [2.24, 2.45) is 52.8 Å². The number of rotatable bonds is 2. The zero-order valence-corrected chi connectivity index (χ0v) is 17.2. The molecule has 0 aromatic carbocycles. The number of ether oxygens (including phenoxy) is 1. The lowest BCUT2D eigenvalue weighted by molar-refractivity contribution is -0.153. The van der Waals surface area contributed by atoms with Gasteiger partial charge in [-0.2, -0.15) is 0 Å². The van der Waals surface area contributed by atoms with Crippen molar-refractivity contribution < 1.29 is 9.53 Å². The maximum atomic E-state index is 12.2. The zero-order chi connectivity index (χ0) is 18.7. The van der Waals surface area contributed by atoms with Crippen LogP contribution in [-0.2, 0) is 9.53 Å². The van der Waals surface area contributed by atoms with Crippen molar-refractivity contribution in [2.75, 3.05) is 6.61 Å². The van der Waals surface area contributed by atoms with Gasteiger partial charge in [0.05, 0.1) is 12.2 Å². The highest BCUT2D eigenvalue weighted by Crippen LogP contribution is 2.79. The largest absolute Gasteiger partial charge is 0.366 e. The van der Waals surface area contributed by atoms with Crippen LogP contribution in [-0.4, -0.2) is 18.0 Å². The summed E-state index contributed by atoms with van der Waals surface area (Å²) >= 11 is 0. The van der Waals surface area contributed by atoms with E-state index in [1.54, 1.807) is 5.57 Å². The maximum Gasteiger partial charge on any atom is 0.155 e. The Morgan fingerprint density at radius 3 is 2.79 bits per heavy atom. The number of carbonyl (C=O) groups is 1. The van der Waals surface area contributed by atoms with Gasteiger partial charge < -0.3 is 4.74 Å². The molecule has 7 rings (SSSR count). The van der Waals surface area contributed by atoms with E-state index >= 15 is 0 Å². The minimum Gasteiger partial charge on any atom is -0.366 e. The number of allylic oxidation sites excluding steroid dienone is 1. The molecule has 0 bridgehead atoms. The molecule has 2 heteroatoms. The molecule has 0 saturated heterocycles. The van der Waals surface area contributed by atoms with Crippen molar-refractivity contribution in [3.05, 3.63) is 23.8 Å². The van der Waals surface area contributed by atoms with Crippen LogP contribution in [0.3, 0.4) is 0 Å². The topological polar surface area (TPSA) is 26.3 Å². The predicted molar refractivity (Wildman–Crippen MR) is 108 cm³/mol. The Labute approximate surface area is 169 Å². The first-order valence-electron chi connectivity index (χ1n) is 12.2. The first-order valence-corrected chi connectivity index (χ1v) is 12.2. The highest BCUT2D eigenvalue weighted by atomic mass is 16.5. The van der Waals surface area contributed by atoms with Crippen LogP contribution in [0.5, 0.6) is 0 Å². The molecule has 0 aromatic heterocycles. The molecule has 1 spiro atoms. The van der Waals surface area contributed by atoms with E-state index in [9.17, 15) is 4.79 Å². The molecule has 7 aliphatic rings. The summed E-state index contributed by atoms with van der Waals surface area (Å²) in [6.45, 7) is 3.31. The van der Waals surface area contributed by atoms with Crippen molar-refractivity contribution in [3.63, 3.8) is 0 Å². The summed E-state index contributed by atoms with van der Waals surface area (Å²) in [5, 5.41) is 0. The third kappa shape index (κ3) is 1.88. The molecule has 5 fully saturated rings. The van der Waals surface area contributed by atoms with Crippen LogP contribution in [0.15, 0.2) is 23.8 Å². The minimum absolute atomic E-state index is 0.0782. The summed E-state index contributed by atoms with van der Waals surface area (Å²) in [7, 11) is 0. The van der Waals surface area contributed by atoms with Crippen LogP contribution in [0.4, 0.5) is 0 Å². The molecule has 0 radical (unpaired) electrons. The Bertz CT molecular complexity index is 790. The second-order valence-corrected chi connectivity index (χ2v) is 11.4. The summed E-state index contributed by atoms with van der Waals surface area (Å²) in [4.78, 5) is 12.2. The molecule has 5 saturated carbocycles. The van der Waals surface area contributed by atoms with Gasteiger partial charge in [0.15, 0.2) is 5.78 Å². The Balaban J connectivity index is 1.34. The van der Waals surface area contributed by atoms with Gasteiger partial charge in [0.2, 0.25) is 0 Å². The molecule has 0 N–H and O–H groups in total. The third-order valence-electron chi connectivity index (χ3n) is 10.8. The van der Waals surface area contributed by atoms with Crippen LogP contribution >= 0.6 is 0 Å². The highest BCUT2D eigenvalue weighted by molar-refractivity contribution is 5.91. The van der Waals surface area contributed by atoms with Crippen LogP contribution in [0.1, 0.15) is 64.7 Å². The molecule has 1 heterocycles. The smallest absolute Gasteiger partial charge is 0.155 e. The second-order valence-electron chi connectivity index (χ2n) is 11.4. The van der Waals surface area contributed by atoms with E-state index in [2.05, 4.69) is 25.2 Å². The number of hydrogen-bond donors (Lipinski definition) is 0. The first-order chi connectivity index (χ1) is 13.7. The van der Waals surface area contributed by atoms with E-state index < -0.39 is 0 Å². The Morgan fingerprint density at radius 1 is 1.14 bits per heavy atom. The minimum atomic E-state index is 0.0782. The van der Waals surface area contributed by atoms with E-state index in [4.69, 9.17) is 4.74 Å². The van der Waals surface area contributed by atoms with Crippen molar-refractivity contribution in [3.8, 4) is 0 Å². The molecule has 0 aromatic rings. The van der Waals surface area contributed by atoms with Crippen LogP contribution in [0.2, 0.25) is 0 Å². The molecule has 0 amide bonds. The lowest BCUT2D eigenvalue weighted by atomic mass is 9.45. The Hall–Kier alpha value is -0.890. The lowest BCUT2D eigenvalue weighted by Crippen LogP contribution is -2.57. The zero-order valence-electron chi connectivity index (χ0n) is 17.2. The van der Waals surface area contributed by atoms with Gasteiger partial charge >= 0.3 is 0 Å². The molecule has 9 atom stereocenters. The second kappa shape index (κ2) is 5.42. The molecular weight excluding hydrogens is 344 g/mol. The average molecular weight is 379 g/mol. The number of fused-ring (bicyclic) bond motifs is 9. The molecule has 3 unspecified atom stereocenters. The molecule has 1 aliphatic heterocycles. The van der Waals surface area contributed by atoms with Gasteiger partial charge in [0.1, 0.15) is 0 Å². The quantitative estimate of drug-likeness (QED) is 0.607. The lowest BCUT2D eigenvalue weighted by Gasteiger charge is -2.60. The summed E-state index contributed by atoms with van der Waals surface area (Å²) in [5.74, 6) is 7.31. The SMILES string of the molecule is CC[C@]12CCC3C(C1[C@H]1C[C@H]1[C@@]21C=CCO1)[C@H](C1CC1)CC1=CC(=O)CC[C@@H]13. The van der Waals surface area contributed by atoms with Gasteiger partial charge in [-0.1, -0.05) is 24.6 Å². The van der Waals surface area contributed by atoms with E-state index in [-0.39, 0.29) is 5.60 Å². The van der Waals surface area contributed by atoms with Gasteiger partial charge in [-0.25, -0.2) is 0 Å². The molecule has 2 nitrogen and oxygen atoms in total. The Kier molecular flexibility index (Phi) is 3.26. The summed E-state index contributed by atoms with van der Waals surface area (Å²) < 4.78 is 6.66. The number of carbonyl (C=O) groups excluding carboxylic acids is 1. The predicted octanol–water partition coefficient (Wildman–Crippen LogP) is 5.34. The van der Waals surface area contributed by atoms with Crippen LogP contribution in [0, 0.1) is 52.8 Å². The molecular formula is C26H34O2. The van der Waals surface area contributed by atoms with Crippen molar-refractivity contribution in [1.29, 1.82) is 0 Å². The molecule has 150 valence electrons. The van der Waals surface area contributed by atoms with Gasteiger partial charge in [0, 0.05) is 11.8 Å². The van der Waals surface area contributed by atoms with Crippen LogP contribution < -0.4 is 0 Å². The monoisotopic (exact) mass is 378 g/mol. The van der Waals surface area contributed by atoms with Gasteiger partial charge in [-0.3, -0.25) is 4.79 Å². The fourth-order valence-corrected chi connectivity index (χ4v) is 9.76. The average Bonchev–Trinajstić information content (AvgIpc) is 3.64. The van der Waals surface area contributed by atoms with Crippen molar-refractivity contribution in [2.45, 2.75) is 70.3 Å². The van der Waals surface area contributed by atoms with Gasteiger partial charge in [-0.05, 0) is 105 Å². The third-order valence-corrected chi connectivity index (χ3v) is 10.8. The fraction of sp³-hybridized carbons (Fsp3) is 0.808. The van der Waals surface area contributed by atoms with Gasteiger partial charge in [-0.15, -0.1) is 0 Å². The van der Waals surface area contributed by atoms with E-state index in [1.165, 1.54) is 44.9 Å². The van der Waals surface area contributed by atoms with Gasteiger partial charge in [0.25, 0.3) is 0 Å².